The second kappa shape index (κ2) is 4.66. The molecule has 3 rings (SSSR count). The molecule has 1 aromatic carbocycles. The maximum Gasteiger partial charge on any atom is 0.198 e. The van der Waals surface area contributed by atoms with Gasteiger partial charge in [-0.2, -0.15) is 0 Å². The van der Waals surface area contributed by atoms with Gasteiger partial charge in [0, 0.05) is 18.1 Å². The van der Waals surface area contributed by atoms with Gasteiger partial charge in [0.1, 0.15) is 0 Å². The highest BCUT2D eigenvalue weighted by Crippen LogP contribution is 2.50. The van der Waals surface area contributed by atoms with Crippen LogP contribution in [0.25, 0.3) is 0 Å². The normalized spacial score (nSPS) is 24.7. The minimum atomic E-state index is -0.730. The fourth-order valence-electron chi connectivity index (χ4n) is 2.97. The predicted molar refractivity (Wildman–Crippen MR) is 68.9 cm³/mol. The van der Waals surface area contributed by atoms with E-state index in [2.05, 4.69) is 0 Å². The SMILES string of the molecule is OCCC1Cc2cc(Cl)c(Cl)cc2C12OCCO2. The Morgan fingerprint density at radius 3 is 2.56 bits per heavy atom. The molecular weight excluding hydrogens is 275 g/mol. The molecule has 1 saturated heterocycles. The first-order valence-corrected chi connectivity index (χ1v) is 6.80. The third kappa shape index (κ3) is 1.77. The van der Waals surface area contributed by atoms with Crippen molar-refractivity contribution in [3.05, 3.63) is 33.3 Å². The average Bonchev–Trinajstić information content (AvgIpc) is 2.92. The van der Waals surface area contributed by atoms with Crippen LogP contribution in [0.4, 0.5) is 0 Å². The summed E-state index contributed by atoms with van der Waals surface area (Å²) in [7, 11) is 0. The lowest BCUT2D eigenvalue weighted by molar-refractivity contribution is -0.199. The quantitative estimate of drug-likeness (QED) is 0.910. The summed E-state index contributed by atoms with van der Waals surface area (Å²) in [6.07, 6.45) is 1.44. The molecule has 1 heterocycles. The minimum Gasteiger partial charge on any atom is -0.396 e. The van der Waals surface area contributed by atoms with Gasteiger partial charge in [0.2, 0.25) is 0 Å². The number of aliphatic hydroxyl groups excluding tert-OH is 1. The molecule has 1 N–H and O–H groups in total. The van der Waals surface area contributed by atoms with Crippen LogP contribution in [0, 0.1) is 5.92 Å². The van der Waals surface area contributed by atoms with E-state index in [1.54, 1.807) is 0 Å². The monoisotopic (exact) mass is 288 g/mol. The molecule has 1 aliphatic carbocycles. The van der Waals surface area contributed by atoms with E-state index in [0.29, 0.717) is 29.7 Å². The smallest absolute Gasteiger partial charge is 0.198 e. The van der Waals surface area contributed by atoms with Crippen molar-refractivity contribution in [3.63, 3.8) is 0 Å². The molecule has 0 amide bonds. The van der Waals surface area contributed by atoms with E-state index in [9.17, 15) is 5.11 Å². The number of fused-ring (bicyclic) bond motifs is 2. The van der Waals surface area contributed by atoms with Gasteiger partial charge in [-0.1, -0.05) is 23.2 Å². The van der Waals surface area contributed by atoms with Crippen molar-refractivity contribution in [1.82, 2.24) is 0 Å². The maximum atomic E-state index is 9.20. The highest BCUT2D eigenvalue weighted by atomic mass is 35.5. The lowest BCUT2D eigenvalue weighted by Crippen LogP contribution is -2.33. The van der Waals surface area contributed by atoms with Gasteiger partial charge in [0.05, 0.1) is 23.3 Å². The molecule has 3 nitrogen and oxygen atoms in total. The van der Waals surface area contributed by atoms with Gasteiger partial charge >= 0.3 is 0 Å². The van der Waals surface area contributed by atoms with Crippen LogP contribution in [0.1, 0.15) is 17.5 Å². The van der Waals surface area contributed by atoms with Gasteiger partial charge < -0.3 is 14.6 Å². The molecule has 1 fully saturated rings. The first kappa shape index (κ1) is 12.7. The highest BCUT2D eigenvalue weighted by Gasteiger charge is 2.51. The van der Waals surface area contributed by atoms with Crippen molar-refractivity contribution in [1.29, 1.82) is 0 Å². The number of benzene rings is 1. The van der Waals surface area contributed by atoms with Crippen LogP contribution in [-0.4, -0.2) is 24.9 Å². The summed E-state index contributed by atoms with van der Waals surface area (Å²) in [4.78, 5) is 0. The first-order valence-electron chi connectivity index (χ1n) is 6.04. The topological polar surface area (TPSA) is 38.7 Å². The van der Waals surface area contributed by atoms with E-state index in [-0.39, 0.29) is 12.5 Å². The van der Waals surface area contributed by atoms with E-state index in [1.807, 2.05) is 12.1 Å². The van der Waals surface area contributed by atoms with E-state index in [0.717, 1.165) is 17.5 Å². The summed E-state index contributed by atoms with van der Waals surface area (Å²) in [5.74, 6) is -0.610. The zero-order valence-electron chi connectivity index (χ0n) is 9.79. The summed E-state index contributed by atoms with van der Waals surface area (Å²) in [5, 5.41) is 10.3. The Labute approximate surface area is 116 Å². The second-order valence-corrected chi connectivity index (χ2v) is 5.52. The lowest BCUT2D eigenvalue weighted by Gasteiger charge is -2.30. The van der Waals surface area contributed by atoms with Crippen molar-refractivity contribution in [2.24, 2.45) is 5.92 Å². The number of hydrogen-bond donors (Lipinski definition) is 1. The molecular formula is C13H14Cl2O3. The molecule has 0 saturated carbocycles. The van der Waals surface area contributed by atoms with E-state index in [4.69, 9.17) is 32.7 Å². The summed E-state index contributed by atoms with van der Waals surface area (Å²) < 4.78 is 11.7. The molecule has 1 aromatic rings. The fourth-order valence-corrected chi connectivity index (χ4v) is 3.32. The van der Waals surface area contributed by atoms with Crippen molar-refractivity contribution in [2.75, 3.05) is 19.8 Å². The van der Waals surface area contributed by atoms with Crippen LogP contribution >= 0.6 is 23.2 Å². The van der Waals surface area contributed by atoms with Crippen LogP contribution in [0.5, 0.6) is 0 Å². The van der Waals surface area contributed by atoms with Gasteiger partial charge in [-0.05, 0) is 30.5 Å². The molecule has 1 unspecified atom stereocenters. The first-order chi connectivity index (χ1) is 8.67. The highest BCUT2D eigenvalue weighted by molar-refractivity contribution is 6.42. The summed E-state index contributed by atoms with van der Waals surface area (Å²) in [6.45, 7) is 1.26. The number of rotatable bonds is 2. The molecule has 18 heavy (non-hydrogen) atoms. The van der Waals surface area contributed by atoms with E-state index in [1.165, 1.54) is 0 Å². The van der Waals surface area contributed by atoms with Crippen LogP contribution in [0.2, 0.25) is 10.0 Å². The molecule has 1 atom stereocenters. The zero-order valence-corrected chi connectivity index (χ0v) is 11.3. The minimum absolute atomic E-state index is 0.120. The van der Waals surface area contributed by atoms with Crippen LogP contribution < -0.4 is 0 Å². The van der Waals surface area contributed by atoms with Gasteiger partial charge in [-0.3, -0.25) is 0 Å². The maximum absolute atomic E-state index is 9.20. The van der Waals surface area contributed by atoms with Gasteiger partial charge in [-0.15, -0.1) is 0 Å². The summed E-state index contributed by atoms with van der Waals surface area (Å²) in [6, 6.07) is 3.71. The lowest BCUT2D eigenvalue weighted by atomic mass is 9.96. The molecule has 98 valence electrons. The van der Waals surface area contributed by atoms with E-state index >= 15 is 0 Å². The Morgan fingerprint density at radius 2 is 1.89 bits per heavy atom. The standard InChI is InChI=1S/C13H14Cl2O3/c14-11-6-8-5-9(1-2-16)13(17-3-4-18-13)10(8)7-12(11)15/h6-7,9,16H,1-5H2. The Kier molecular flexibility index (Phi) is 3.28. The number of aliphatic hydroxyl groups is 1. The van der Waals surface area contributed by atoms with Gasteiger partial charge in [0.25, 0.3) is 0 Å². The van der Waals surface area contributed by atoms with Crippen LogP contribution in [0.15, 0.2) is 12.1 Å². The van der Waals surface area contributed by atoms with Crippen LogP contribution in [0.3, 0.4) is 0 Å². The number of hydrogen-bond acceptors (Lipinski definition) is 3. The number of halogens is 2. The third-order valence-electron chi connectivity index (χ3n) is 3.72. The van der Waals surface area contributed by atoms with Crippen molar-refractivity contribution < 1.29 is 14.6 Å². The fraction of sp³-hybridized carbons (Fsp3) is 0.538. The second-order valence-electron chi connectivity index (χ2n) is 4.70. The molecule has 0 bridgehead atoms. The largest absolute Gasteiger partial charge is 0.396 e. The van der Waals surface area contributed by atoms with Gasteiger partial charge in [-0.25, -0.2) is 0 Å². The molecule has 1 spiro atoms. The third-order valence-corrected chi connectivity index (χ3v) is 4.44. The Balaban J connectivity index is 2.08. The molecule has 2 aliphatic rings. The summed E-state index contributed by atoms with van der Waals surface area (Å²) >= 11 is 12.1. The van der Waals surface area contributed by atoms with Crippen molar-refractivity contribution in [2.45, 2.75) is 18.6 Å². The summed E-state index contributed by atoms with van der Waals surface area (Å²) in [5.41, 5.74) is 2.07. The number of ether oxygens (including phenoxy) is 2. The predicted octanol–water partition coefficient (Wildman–Crippen LogP) is 2.75. The van der Waals surface area contributed by atoms with Crippen LogP contribution in [-0.2, 0) is 21.7 Å². The Bertz CT molecular complexity index is 470. The molecule has 0 radical (unpaired) electrons. The molecule has 0 aromatic heterocycles. The van der Waals surface area contributed by atoms with Gasteiger partial charge in [0.15, 0.2) is 5.79 Å². The van der Waals surface area contributed by atoms with Crippen molar-refractivity contribution >= 4 is 23.2 Å². The molecule has 5 heteroatoms. The molecule has 1 aliphatic heterocycles. The average molecular weight is 289 g/mol. The van der Waals surface area contributed by atoms with E-state index < -0.39 is 5.79 Å². The Morgan fingerprint density at radius 1 is 1.22 bits per heavy atom. The Hall–Kier alpha value is -0.320. The zero-order chi connectivity index (χ0) is 12.8. The van der Waals surface area contributed by atoms with Crippen molar-refractivity contribution in [3.8, 4) is 0 Å².